The number of anilines is 1. The first-order valence-electron chi connectivity index (χ1n) is 9.95. The first kappa shape index (κ1) is 21.9. The van der Waals surface area contributed by atoms with Gasteiger partial charge >= 0.3 is 6.18 Å². The number of carbonyl (C=O) groups is 1. The molecule has 1 fully saturated rings. The molecule has 0 saturated carbocycles. The van der Waals surface area contributed by atoms with Gasteiger partial charge in [0.05, 0.1) is 12.1 Å². The molecule has 30 heavy (non-hydrogen) atoms. The minimum Gasteiger partial charge on any atom is -0.492 e. The number of nitrogens with zero attached hydrogens (tertiary/aromatic N) is 1. The number of amides is 1. The Hall–Kier alpha value is -2.81. The van der Waals surface area contributed by atoms with Crippen LogP contribution in [0.1, 0.15) is 11.1 Å². The van der Waals surface area contributed by atoms with Crippen LogP contribution in [0.2, 0.25) is 0 Å². The fourth-order valence-electron chi connectivity index (χ4n) is 3.38. The molecule has 0 atom stereocenters. The van der Waals surface area contributed by atoms with Crippen LogP contribution in [0.4, 0.5) is 19.0 Å². The van der Waals surface area contributed by atoms with Gasteiger partial charge in [0.25, 0.3) is 11.7 Å². The van der Waals surface area contributed by atoms with E-state index < -0.39 is 11.7 Å². The molecule has 2 aromatic rings. The number of halogens is 3. The van der Waals surface area contributed by atoms with E-state index in [2.05, 4.69) is 10.3 Å². The average Bonchev–Trinajstić information content (AvgIpc) is 2.71. The molecule has 162 valence electrons. The number of carbonyl (C=O) groups excluding carboxylic acids is 1. The Balaban J connectivity index is 1.35. The number of piperazine rings is 1. The molecule has 3 rings (SSSR count). The van der Waals surface area contributed by atoms with Gasteiger partial charge in [0.2, 0.25) is 0 Å². The molecule has 1 aliphatic heterocycles. The molecular formula is C21H27F3N4O2+2. The van der Waals surface area contributed by atoms with E-state index >= 15 is 0 Å². The molecule has 0 bridgehead atoms. The molecule has 0 unspecified atom stereocenters. The summed E-state index contributed by atoms with van der Waals surface area (Å²) in [6.07, 6.45) is -3.36. The largest absolute Gasteiger partial charge is 0.492 e. The van der Waals surface area contributed by atoms with E-state index in [0.29, 0.717) is 38.6 Å². The second kappa shape index (κ2) is 9.80. The molecule has 3 N–H and O–H groups in total. The summed E-state index contributed by atoms with van der Waals surface area (Å²) in [5.74, 6) is 1.40. The summed E-state index contributed by atoms with van der Waals surface area (Å²) in [5, 5.41) is 2.87. The number of rotatable bonds is 7. The van der Waals surface area contributed by atoms with Crippen LogP contribution in [0.15, 0.2) is 42.6 Å². The van der Waals surface area contributed by atoms with Gasteiger partial charge < -0.3 is 15.0 Å². The predicted molar refractivity (Wildman–Crippen MR) is 105 cm³/mol. The van der Waals surface area contributed by atoms with Crippen molar-refractivity contribution in [1.82, 2.24) is 5.32 Å². The Morgan fingerprint density at radius 3 is 2.63 bits per heavy atom. The number of pyridine rings is 1. The molecule has 6 nitrogen and oxygen atoms in total. The van der Waals surface area contributed by atoms with Crippen molar-refractivity contribution in [3.63, 3.8) is 0 Å². The minimum atomic E-state index is -4.35. The van der Waals surface area contributed by atoms with Gasteiger partial charge in [0, 0.05) is 6.07 Å². The second-order valence-electron chi connectivity index (χ2n) is 7.39. The van der Waals surface area contributed by atoms with Gasteiger partial charge in [-0.25, -0.2) is 4.98 Å². The monoisotopic (exact) mass is 424 g/mol. The zero-order valence-corrected chi connectivity index (χ0v) is 16.9. The minimum absolute atomic E-state index is 0.0348. The summed E-state index contributed by atoms with van der Waals surface area (Å²) in [6.45, 7) is 6.02. The van der Waals surface area contributed by atoms with E-state index in [4.69, 9.17) is 4.74 Å². The highest BCUT2D eigenvalue weighted by molar-refractivity contribution is 5.76. The number of aromatic nitrogens is 1. The Morgan fingerprint density at radius 2 is 2.00 bits per heavy atom. The number of H-pyrrole nitrogens is 1. The topological polar surface area (TPSA) is 60.1 Å². The predicted octanol–water partition coefficient (Wildman–Crippen LogP) is 0.728. The van der Waals surface area contributed by atoms with Gasteiger partial charge in [-0.1, -0.05) is 12.1 Å². The lowest BCUT2D eigenvalue weighted by atomic mass is 10.2. The van der Waals surface area contributed by atoms with Crippen LogP contribution >= 0.6 is 0 Å². The normalized spacial score (nSPS) is 15.1. The smallest absolute Gasteiger partial charge is 0.419 e. The zero-order chi connectivity index (χ0) is 21.6. The SMILES string of the molecule is Cc1cccc(OCCNC(=O)C[NH+]2CCN(c3ccc(C(F)(F)F)c[nH+]3)CC2)c1. The summed E-state index contributed by atoms with van der Waals surface area (Å²) in [5.41, 5.74) is 0.423. The van der Waals surface area contributed by atoms with Gasteiger partial charge in [-0.3, -0.25) is 9.69 Å². The molecule has 0 spiro atoms. The number of aryl methyl sites for hydroxylation is 1. The van der Waals surface area contributed by atoms with E-state index in [0.717, 1.165) is 41.6 Å². The third-order valence-electron chi connectivity index (χ3n) is 5.03. The van der Waals surface area contributed by atoms with Crippen LogP contribution in [-0.4, -0.2) is 51.8 Å². The summed E-state index contributed by atoms with van der Waals surface area (Å²) >= 11 is 0. The van der Waals surface area contributed by atoms with Crippen molar-refractivity contribution in [3.8, 4) is 5.75 Å². The van der Waals surface area contributed by atoms with Gasteiger partial charge in [-0.05, 0) is 30.7 Å². The van der Waals surface area contributed by atoms with E-state index in [-0.39, 0.29) is 5.91 Å². The lowest BCUT2D eigenvalue weighted by Crippen LogP contribution is -3.16. The van der Waals surface area contributed by atoms with Crippen LogP contribution < -0.4 is 24.8 Å². The van der Waals surface area contributed by atoms with E-state index in [9.17, 15) is 18.0 Å². The summed E-state index contributed by atoms with van der Waals surface area (Å²) in [7, 11) is 0. The van der Waals surface area contributed by atoms with Gasteiger partial charge in [-0.15, -0.1) is 0 Å². The highest BCUT2D eigenvalue weighted by Gasteiger charge is 2.33. The Morgan fingerprint density at radius 1 is 1.23 bits per heavy atom. The second-order valence-corrected chi connectivity index (χ2v) is 7.39. The van der Waals surface area contributed by atoms with Crippen LogP contribution in [0.5, 0.6) is 5.75 Å². The first-order valence-corrected chi connectivity index (χ1v) is 9.95. The van der Waals surface area contributed by atoms with Crippen LogP contribution in [0.3, 0.4) is 0 Å². The van der Waals surface area contributed by atoms with Crippen LogP contribution in [0.25, 0.3) is 0 Å². The van der Waals surface area contributed by atoms with E-state index in [1.807, 2.05) is 36.1 Å². The maximum absolute atomic E-state index is 12.7. The zero-order valence-electron chi connectivity index (χ0n) is 16.9. The molecule has 1 saturated heterocycles. The lowest BCUT2D eigenvalue weighted by Gasteiger charge is -2.28. The summed E-state index contributed by atoms with van der Waals surface area (Å²) in [4.78, 5) is 18.0. The highest BCUT2D eigenvalue weighted by Crippen LogP contribution is 2.28. The maximum atomic E-state index is 12.7. The molecule has 1 amide bonds. The molecule has 0 radical (unpaired) electrons. The Labute approximate surface area is 173 Å². The third-order valence-corrected chi connectivity index (χ3v) is 5.03. The van der Waals surface area contributed by atoms with Crippen molar-refractivity contribution < 1.29 is 32.6 Å². The van der Waals surface area contributed by atoms with Crippen molar-refractivity contribution in [2.45, 2.75) is 13.1 Å². The number of nitrogens with one attached hydrogen (secondary N) is 3. The Kier molecular flexibility index (Phi) is 7.15. The molecule has 1 aromatic heterocycles. The van der Waals surface area contributed by atoms with Gasteiger partial charge in [0.1, 0.15) is 44.7 Å². The number of alkyl halides is 3. The summed E-state index contributed by atoms with van der Waals surface area (Å²) < 4.78 is 43.6. The first-order chi connectivity index (χ1) is 14.3. The van der Waals surface area contributed by atoms with Crippen molar-refractivity contribution >= 4 is 11.7 Å². The third kappa shape index (κ3) is 6.35. The summed E-state index contributed by atoms with van der Waals surface area (Å²) in [6, 6.07) is 10.3. The number of benzene rings is 1. The lowest BCUT2D eigenvalue weighted by molar-refractivity contribution is -0.892. The number of ether oxygens (including phenoxy) is 1. The Bertz CT molecular complexity index is 835. The molecular weight excluding hydrogens is 397 g/mol. The van der Waals surface area contributed by atoms with Crippen molar-refractivity contribution in [2.24, 2.45) is 0 Å². The molecule has 2 heterocycles. The molecule has 9 heteroatoms. The maximum Gasteiger partial charge on any atom is 0.419 e. The molecule has 1 aromatic carbocycles. The fraction of sp³-hybridized carbons (Fsp3) is 0.429. The quantitative estimate of drug-likeness (QED) is 0.645. The molecule has 1 aliphatic rings. The average molecular weight is 424 g/mol. The molecule has 0 aliphatic carbocycles. The van der Waals surface area contributed by atoms with Gasteiger partial charge in [-0.2, -0.15) is 13.2 Å². The number of quaternary nitrogens is 1. The standard InChI is InChI=1S/C21H25F3N4O2/c1-16-3-2-4-18(13-16)30-12-7-25-20(29)15-27-8-10-28(11-9-27)19-6-5-17(14-26-19)21(22,23)24/h2-6,13-14H,7-12,15H2,1H3,(H,25,29)/p+2. The van der Waals surface area contributed by atoms with Crippen LogP contribution in [0, 0.1) is 6.92 Å². The number of hydrogen-bond donors (Lipinski definition) is 2. The van der Waals surface area contributed by atoms with Crippen molar-refractivity contribution in [2.75, 3.05) is 50.8 Å². The van der Waals surface area contributed by atoms with E-state index in [1.54, 1.807) is 0 Å². The fourth-order valence-corrected chi connectivity index (χ4v) is 3.38. The van der Waals surface area contributed by atoms with Gasteiger partial charge in [0.15, 0.2) is 6.54 Å². The number of aromatic amines is 1. The number of hydrogen-bond acceptors (Lipinski definition) is 3. The van der Waals surface area contributed by atoms with Crippen molar-refractivity contribution in [1.29, 1.82) is 0 Å². The van der Waals surface area contributed by atoms with Crippen LogP contribution in [-0.2, 0) is 11.0 Å². The highest BCUT2D eigenvalue weighted by atomic mass is 19.4. The van der Waals surface area contributed by atoms with Crippen molar-refractivity contribution in [3.05, 3.63) is 53.7 Å². The van der Waals surface area contributed by atoms with E-state index in [1.165, 1.54) is 6.07 Å².